The summed E-state index contributed by atoms with van der Waals surface area (Å²) in [7, 11) is 0. The van der Waals surface area contributed by atoms with E-state index in [1.807, 2.05) is 0 Å². The van der Waals surface area contributed by atoms with Crippen LogP contribution in [0.2, 0.25) is 0 Å². The van der Waals surface area contributed by atoms with Gasteiger partial charge in [0.1, 0.15) is 11.2 Å². The van der Waals surface area contributed by atoms with Gasteiger partial charge < -0.3 is 10.3 Å². The number of aromatic nitrogens is 2. The number of H-pyrrole nitrogens is 1. The Morgan fingerprint density at radius 1 is 1.11 bits per heavy atom. The number of hydrogen-bond acceptors (Lipinski definition) is 4. The van der Waals surface area contributed by atoms with Crippen LogP contribution in [0.25, 0.3) is 10.9 Å². The second-order valence-corrected chi connectivity index (χ2v) is 6.72. The molecule has 3 aromatic rings. The lowest BCUT2D eigenvalue weighted by Gasteiger charge is -2.06. The fourth-order valence-corrected chi connectivity index (χ4v) is 3.18. The van der Waals surface area contributed by atoms with Gasteiger partial charge in [0, 0.05) is 17.9 Å². The maximum Gasteiger partial charge on any atom is 0.262 e. The molecule has 0 spiro atoms. The minimum Gasteiger partial charge on any atom is -0.326 e. The van der Waals surface area contributed by atoms with Gasteiger partial charge in [-0.1, -0.05) is 11.8 Å². The number of fused-ring (bicyclic) bond motifs is 1. The number of thioether (sulfide) groups is 1. The van der Waals surface area contributed by atoms with Crippen molar-refractivity contribution in [2.75, 3.05) is 11.1 Å². The van der Waals surface area contributed by atoms with Crippen LogP contribution in [-0.4, -0.2) is 21.6 Å². The maximum atomic E-state index is 13.7. The molecular formula is C18H14F3N3O2S. The Hall–Kier alpha value is -2.81. The molecule has 0 aliphatic carbocycles. The highest BCUT2D eigenvalue weighted by molar-refractivity contribution is 7.99. The summed E-state index contributed by atoms with van der Waals surface area (Å²) in [6.07, 6.45) is 0.721. The number of anilines is 1. The zero-order chi connectivity index (χ0) is 19.4. The number of nitrogens with zero attached hydrogens (tertiary/aromatic N) is 1. The van der Waals surface area contributed by atoms with Gasteiger partial charge >= 0.3 is 0 Å². The number of carbonyl (C=O) groups excluding carboxylic acids is 1. The van der Waals surface area contributed by atoms with Crippen LogP contribution in [-0.2, 0) is 4.79 Å². The molecule has 1 amide bonds. The van der Waals surface area contributed by atoms with Crippen LogP contribution >= 0.6 is 11.8 Å². The van der Waals surface area contributed by atoms with E-state index in [4.69, 9.17) is 0 Å². The molecular weight excluding hydrogens is 379 g/mol. The van der Waals surface area contributed by atoms with Crippen molar-refractivity contribution in [3.8, 4) is 0 Å². The molecule has 1 aromatic heterocycles. The number of nitrogens with one attached hydrogen (secondary N) is 2. The Morgan fingerprint density at radius 2 is 1.85 bits per heavy atom. The van der Waals surface area contributed by atoms with E-state index in [-0.39, 0.29) is 28.8 Å². The standard InChI is InChI=1S/C18H14F3N3O2S/c19-10-3-5-11(6-4-10)22-14(25)2-1-9-27-18-23-13-8-7-12(20)16(21)15(13)17(26)24-18/h3-8H,1-2,9H2,(H,22,25)(H,23,24,26). The fraction of sp³-hybridized carbons (Fsp3) is 0.167. The van der Waals surface area contributed by atoms with Crippen LogP contribution < -0.4 is 10.9 Å². The highest BCUT2D eigenvalue weighted by atomic mass is 32.2. The van der Waals surface area contributed by atoms with Crippen molar-refractivity contribution in [1.29, 1.82) is 0 Å². The molecule has 0 saturated carbocycles. The molecule has 0 atom stereocenters. The Kier molecular flexibility index (Phi) is 5.80. The van der Waals surface area contributed by atoms with Crippen molar-refractivity contribution in [1.82, 2.24) is 9.97 Å². The molecule has 9 heteroatoms. The lowest BCUT2D eigenvalue weighted by atomic mass is 10.2. The zero-order valence-corrected chi connectivity index (χ0v) is 14.7. The van der Waals surface area contributed by atoms with Gasteiger partial charge in [0.2, 0.25) is 5.91 Å². The minimum atomic E-state index is -1.23. The predicted octanol–water partition coefficient (Wildman–Crippen LogP) is 3.85. The van der Waals surface area contributed by atoms with Gasteiger partial charge in [-0.05, 0) is 42.8 Å². The Morgan fingerprint density at radius 3 is 2.59 bits per heavy atom. The number of amides is 1. The molecule has 1 heterocycles. The summed E-state index contributed by atoms with van der Waals surface area (Å²) in [5, 5.41) is 2.49. The van der Waals surface area contributed by atoms with Gasteiger partial charge in [-0.25, -0.2) is 18.2 Å². The van der Waals surface area contributed by atoms with Crippen molar-refractivity contribution in [3.63, 3.8) is 0 Å². The molecule has 2 N–H and O–H groups in total. The summed E-state index contributed by atoms with van der Waals surface area (Å²) in [5.41, 5.74) is -0.188. The largest absolute Gasteiger partial charge is 0.326 e. The van der Waals surface area contributed by atoms with Gasteiger partial charge in [0.05, 0.1) is 5.52 Å². The summed E-state index contributed by atoms with van der Waals surface area (Å²) in [6, 6.07) is 7.59. The van der Waals surface area contributed by atoms with Crippen LogP contribution in [0.5, 0.6) is 0 Å². The third-order valence-corrected chi connectivity index (χ3v) is 4.62. The average Bonchev–Trinajstić information content (AvgIpc) is 2.63. The molecule has 27 heavy (non-hydrogen) atoms. The molecule has 5 nitrogen and oxygen atoms in total. The number of aromatic amines is 1. The summed E-state index contributed by atoms with van der Waals surface area (Å²) in [4.78, 5) is 30.3. The van der Waals surface area contributed by atoms with Crippen LogP contribution in [0.3, 0.4) is 0 Å². The molecule has 0 fully saturated rings. The molecule has 3 rings (SSSR count). The Bertz CT molecular complexity index is 1040. The molecule has 0 radical (unpaired) electrons. The molecule has 140 valence electrons. The third-order valence-electron chi connectivity index (χ3n) is 3.66. The van der Waals surface area contributed by atoms with E-state index < -0.39 is 22.6 Å². The topological polar surface area (TPSA) is 74.8 Å². The lowest BCUT2D eigenvalue weighted by molar-refractivity contribution is -0.116. The van der Waals surface area contributed by atoms with Crippen molar-refractivity contribution < 1.29 is 18.0 Å². The van der Waals surface area contributed by atoms with E-state index >= 15 is 0 Å². The number of hydrogen-bond donors (Lipinski definition) is 2. The van der Waals surface area contributed by atoms with Crippen LogP contribution in [0, 0.1) is 17.5 Å². The number of rotatable bonds is 6. The molecule has 0 saturated heterocycles. The van der Waals surface area contributed by atoms with E-state index in [2.05, 4.69) is 15.3 Å². The summed E-state index contributed by atoms with van der Waals surface area (Å²) in [5.74, 6) is -2.46. The van der Waals surface area contributed by atoms with Crippen molar-refractivity contribution in [2.45, 2.75) is 18.0 Å². The number of halogens is 3. The van der Waals surface area contributed by atoms with E-state index in [0.29, 0.717) is 17.9 Å². The zero-order valence-electron chi connectivity index (χ0n) is 13.9. The van der Waals surface area contributed by atoms with Gasteiger partial charge in [0.15, 0.2) is 16.8 Å². The number of benzene rings is 2. The first-order valence-electron chi connectivity index (χ1n) is 8.00. The van der Waals surface area contributed by atoms with E-state index in [1.165, 1.54) is 42.1 Å². The second kappa shape index (κ2) is 8.26. The third kappa shape index (κ3) is 4.68. The lowest BCUT2D eigenvalue weighted by Crippen LogP contribution is -2.13. The Labute approximate surface area is 156 Å². The first-order valence-corrected chi connectivity index (χ1v) is 8.99. The predicted molar refractivity (Wildman–Crippen MR) is 97.3 cm³/mol. The monoisotopic (exact) mass is 393 g/mol. The van der Waals surface area contributed by atoms with Crippen LogP contribution in [0.1, 0.15) is 12.8 Å². The summed E-state index contributed by atoms with van der Waals surface area (Å²) < 4.78 is 39.7. The molecule has 0 aliphatic rings. The SMILES string of the molecule is O=C(CCCSc1nc2ccc(F)c(F)c2c(=O)[nH]1)Nc1ccc(F)cc1. The first-order chi connectivity index (χ1) is 12.9. The minimum absolute atomic E-state index is 0.0641. The molecule has 2 aromatic carbocycles. The molecule has 0 aliphatic heterocycles. The fourth-order valence-electron chi connectivity index (χ4n) is 2.37. The smallest absolute Gasteiger partial charge is 0.262 e. The average molecular weight is 393 g/mol. The van der Waals surface area contributed by atoms with Gasteiger partial charge in [-0.3, -0.25) is 9.59 Å². The van der Waals surface area contributed by atoms with Crippen LogP contribution in [0.15, 0.2) is 46.3 Å². The second-order valence-electron chi connectivity index (χ2n) is 5.63. The van der Waals surface area contributed by atoms with E-state index in [9.17, 15) is 22.8 Å². The quantitative estimate of drug-likeness (QED) is 0.379. The normalized spacial score (nSPS) is 10.9. The summed E-state index contributed by atoms with van der Waals surface area (Å²) in [6.45, 7) is 0. The Balaban J connectivity index is 1.54. The molecule has 0 unspecified atom stereocenters. The van der Waals surface area contributed by atoms with E-state index in [1.54, 1.807) is 0 Å². The van der Waals surface area contributed by atoms with Crippen molar-refractivity contribution in [2.24, 2.45) is 0 Å². The van der Waals surface area contributed by atoms with Gasteiger partial charge in [-0.15, -0.1) is 0 Å². The van der Waals surface area contributed by atoms with E-state index in [0.717, 1.165) is 6.07 Å². The first kappa shape index (κ1) is 19.0. The maximum absolute atomic E-state index is 13.7. The highest BCUT2D eigenvalue weighted by Gasteiger charge is 2.13. The van der Waals surface area contributed by atoms with Gasteiger partial charge in [0.25, 0.3) is 5.56 Å². The van der Waals surface area contributed by atoms with Gasteiger partial charge in [-0.2, -0.15) is 0 Å². The summed E-state index contributed by atoms with van der Waals surface area (Å²) >= 11 is 1.20. The van der Waals surface area contributed by atoms with Crippen LogP contribution in [0.4, 0.5) is 18.9 Å². The molecule has 0 bridgehead atoms. The van der Waals surface area contributed by atoms with Crippen molar-refractivity contribution in [3.05, 3.63) is 64.2 Å². The number of carbonyl (C=O) groups is 1. The highest BCUT2D eigenvalue weighted by Crippen LogP contribution is 2.19. The van der Waals surface area contributed by atoms with Crippen molar-refractivity contribution >= 4 is 34.3 Å².